The first kappa shape index (κ1) is 23.5. The maximum Gasteiger partial charge on any atom is 0.416 e. The number of nitrogens with one attached hydrogen (secondary N) is 1. The van der Waals surface area contributed by atoms with Crippen molar-refractivity contribution >= 4 is 16.8 Å². The number of halogens is 3. The molecule has 7 heteroatoms. The Morgan fingerprint density at radius 2 is 1.76 bits per heavy atom. The van der Waals surface area contributed by atoms with Crippen molar-refractivity contribution in [3.63, 3.8) is 0 Å². The van der Waals surface area contributed by atoms with Crippen molar-refractivity contribution in [2.24, 2.45) is 0 Å². The lowest BCUT2D eigenvalue weighted by Gasteiger charge is -2.14. The van der Waals surface area contributed by atoms with E-state index in [1.807, 2.05) is 63.2 Å². The van der Waals surface area contributed by atoms with E-state index >= 15 is 0 Å². The smallest absolute Gasteiger partial charge is 0.344 e. The molecule has 4 rings (SSSR count). The number of fused-ring (bicyclic) bond motifs is 1. The van der Waals surface area contributed by atoms with E-state index in [2.05, 4.69) is 10.4 Å². The summed E-state index contributed by atoms with van der Waals surface area (Å²) in [5.41, 5.74) is 3.75. The Morgan fingerprint density at radius 1 is 1.06 bits per heavy atom. The zero-order chi connectivity index (χ0) is 24.5. The van der Waals surface area contributed by atoms with Crippen LogP contribution in [0.15, 0.2) is 66.7 Å². The second-order valence-electron chi connectivity index (χ2n) is 8.46. The van der Waals surface area contributed by atoms with Crippen LogP contribution in [0, 0.1) is 6.92 Å². The van der Waals surface area contributed by atoms with Gasteiger partial charge in [-0.25, -0.2) is 0 Å². The molecule has 0 radical (unpaired) electrons. The van der Waals surface area contributed by atoms with E-state index in [0.29, 0.717) is 17.5 Å². The zero-order valence-electron chi connectivity index (χ0n) is 19.3. The predicted octanol–water partition coefficient (Wildman–Crippen LogP) is 6.47. The van der Waals surface area contributed by atoms with Crippen molar-refractivity contribution in [1.82, 2.24) is 15.1 Å². The molecule has 0 aliphatic heterocycles. The Labute approximate surface area is 196 Å². The summed E-state index contributed by atoms with van der Waals surface area (Å²) in [6, 6.07) is 18.5. The van der Waals surface area contributed by atoms with Crippen molar-refractivity contribution in [2.75, 3.05) is 0 Å². The maximum absolute atomic E-state index is 13.3. The normalized spacial score (nSPS) is 12.6. The van der Waals surface area contributed by atoms with E-state index in [4.69, 9.17) is 0 Å². The van der Waals surface area contributed by atoms with Crippen LogP contribution in [0.5, 0.6) is 0 Å². The molecule has 0 saturated carbocycles. The number of rotatable bonds is 6. The van der Waals surface area contributed by atoms with Crippen LogP contribution in [0.2, 0.25) is 0 Å². The highest BCUT2D eigenvalue weighted by Gasteiger charge is 2.30. The molecule has 0 aliphatic rings. The van der Waals surface area contributed by atoms with Crippen LogP contribution in [0.3, 0.4) is 0 Å². The van der Waals surface area contributed by atoms with Crippen molar-refractivity contribution in [3.8, 4) is 0 Å². The summed E-state index contributed by atoms with van der Waals surface area (Å²) in [6.45, 7) is 6.40. The summed E-state index contributed by atoms with van der Waals surface area (Å²) in [5.74, 6) is -0.318. The number of hydrogen-bond acceptors (Lipinski definition) is 2. The zero-order valence-corrected chi connectivity index (χ0v) is 19.3. The Balaban J connectivity index is 1.71. The fourth-order valence-electron chi connectivity index (χ4n) is 4.13. The largest absolute Gasteiger partial charge is 0.416 e. The number of amides is 1. The molecular weight excluding hydrogens is 439 g/mol. The number of nitrogens with zero attached hydrogens (tertiary/aromatic N) is 2. The third-order valence-electron chi connectivity index (χ3n) is 5.95. The lowest BCUT2D eigenvalue weighted by molar-refractivity contribution is -0.137. The minimum Gasteiger partial charge on any atom is -0.344 e. The van der Waals surface area contributed by atoms with Gasteiger partial charge in [-0.2, -0.15) is 18.3 Å². The molecule has 1 atom stereocenters. The first-order chi connectivity index (χ1) is 16.2. The molecule has 0 fully saturated rings. The molecule has 1 heterocycles. The number of hydrogen-bond donors (Lipinski definition) is 1. The number of aryl methyl sites for hydroxylation is 2. The van der Waals surface area contributed by atoms with Gasteiger partial charge in [0.05, 0.1) is 17.1 Å². The lowest BCUT2D eigenvalue weighted by atomic mass is 9.98. The Hall–Kier alpha value is -3.61. The Morgan fingerprint density at radius 3 is 2.44 bits per heavy atom. The van der Waals surface area contributed by atoms with Gasteiger partial charge in [0.1, 0.15) is 0 Å². The molecule has 3 aromatic carbocycles. The van der Waals surface area contributed by atoms with Gasteiger partial charge in [-0.15, -0.1) is 0 Å². The van der Waals surface area contributed by atoms with Crippen LogP contribution < -0.4 is 5.32 Å². The molecule has 34 heavy (non-hydrogen) atoms. The van der Waals surface area contributed by atoms with E-state index in [0.717, 1.165) is 34.3 Å². The number of carbonyl (C=O) groups excluding carboxylic acids is 1. The number of alkyl halides is 3. The molecule has 4 aromatic rings. The summed E-state index contributed by atoms with van der Waals surface area (Å²) < 4.78 is 41.3. The van der Waals surface area contributed by atoms with Crippen molar-refractivity contribution in [3.05, 3.63) is 100 Å². The van der Waals surface area contributed by atoms with Crippen molar-refractivity contribution < 1.29 is 18.0 Å². The minimum absolute atomic E-state index is 0.231. The molecule has 0 aliphatic carbocycles. The van der Waals surface area contributed by atoms with Gasteiger partial charge in [0, 0.05) is 11.9 Å². The lowest BCUT2D eigenvalue weighted by Crippen LogP contribution is -2.27. The molecule has 1 aromatic heterocycles. The van der Waals surface area contributed by atoms with Gasteiger partial charge in [-0.3, -0.25) is 9.48 Å². The van der Waals surface area contributed by atoms with Gasteiger partial charge in [-0.1, -0.05) is 60.2 Å². The number of aromatic nitrogens is 2. The van der Waals surface area contributed by atoms with Gasteiger partial charge in [-0.05, 0) is 56.0 Å². The molecule has 0 spiro atoms. The summed E-state index contributed by atoms with van der Waals surface area (Å²) in [6.07, 6.45) is -4.16. The molecular formula is C27H26F3N3O. The van der Waals surface area contributed by atoms with E-state index < -0.39 is 11.7 Å². The molecule has 4 nitrogen and oxygen atoms in total. The maximum atomic E-state index is 13.3. The molecule has 1 amide bonds. The summed E-state index contributed by atoms with van der Waals surface area (Å²) in [4.78, 5) is 13.3. The van der Waals surface area contributed by atoms with Crippen LogP contribution >= 0.6 is 0 Å². The van der Waals surface area contributed by atoms with Gasteiger partial charge in [0.2, 0.25) is 0 Å². The molecule has 1 N–H and O–H groups in total. The van der Waals surface area contributed by atoms with E-state index in [1.54, 1.807) is 10.7 Å². The van der Waals surface area contributed by atoms with E-state index in [9.17, 15) is 18.0 Å². The highest BCUT2D eigenvalue weighted by atomic mass is 19.4. The van der Waals surface area contributed by atoms with Crippen molar-refractivity contribution in [1.29, 1.82) is 0 Å². The predicted molar refractivity (Wildman–Crippen MR) is 127 cm³/mol. The molecule has 0 bridgehead atoms. The summed E-state index contributed by atoms with van der Waals surface area (Å²) in [5, 5.41) is 8.23. The minimum atomic E-state index is -4.41. The first-order valence-electron chi connectivity index (χ1n) is 11.2. The highest BCUT2D eigenvalue weighted by molar-refractivity contribution is 6.06. The van der Waals surface area contributed by atoms with Gasteiger partial charge < -0.3 is 5.32 Å². The summed E-state index contributed by atoms with van der Waals surface area (Å²) in [7, 11) is 0. The fraction of sp³-hybridized carbons (Fsp3) is 0.259. The third kappa shape index (κ3) is 4.83. The van der Waals surface area contributed by atoms with E-state index in [1.165, 1.54) is 6.07 Å². The van der Waals surface area contributed by atoms with Crippen LogP contribution in [-0.2, 0) is 19.1 Å². The van der Waals surface area contributed by atoms with Crippen LogP contribution in [0.25, 0.3) is 10.9 Å². The second-order valence-corrected chi connectivity index (χ2v) is 8.46. The average molecular weight is 466 g/mol. The number of benzene rings is 3. The highest BCUT2D eigenvalue weighted by Crippen LogP contribution is 2.31. The standard InChI is InChI=1S/C27H26F3N3O/c1-4-33-23-10-6-8-21(15-19-7-5-9-22(16-19)27(28,29)30)24(23)25(32-33)26(34)31-18(3)20-13-11-17(2)12-14-20/h5-14,16,18H,4,15H2,1-3H3,(H,31,34)/t18-/m0/s1. The fourth-order valence-corrected chi connectivity index (χ4v) is 4.13. The Kier molecular flexibility index (Phi) is 6.46. The molecule has 0 unspecified atom stereocenters. The van der Waals surface area contributed by atoms with Crippen molar-refractivity contribution in [2.45, 2.75) is 46.0 Å². The average Bonchev–Trinajstić information content (AvgIpc) is 3.19. The van der Waals surface area contributed by atoms with Crippen LogP contribution in [-0.4, -0.2) is 15.7 Å². The first-order valence-corrected chi connectivity index (χ1v) is 11.2. The molecule has 176 valence electrons. The van der Waals surface area contributed by atoms with Crippen LogP contribution in [0.4, 0.5) is 13.2 Å². The quantitative estimate of drug-likeness (QED) is 0.355. The van der Waals surface area contributed by atoms with Gasteiger partial charge in [0.25, 0.3) is 5.91 Å². The van der Waals surface area contributed by atoms with Crippen LogP contribution in [0.1, 0.15) is 58.2 Å². The number of carbonyl (C=O) groups is 1. The summed E-state index contributed by atoms with van der Waals surface area (Å²) >= 11 is 0. The van der Waals surface area contributed by atoms with Gasteiger partial charge >= 0.3 is 6.18 Å². The van der Waals surface area contributed by atoms with Gasteiger partial charge in [0.15, 0.2) is 5.69 Å². The third-order valence-corrected chi connectivity index (χ3v) is 5.95. The monoisotopic (exact) mass is 465 g/mol. The SMILES string of the molecule is CCn1nc(C(=O)N[C@@H](C)c2ccc(C)cc2)c2c(Cc3cccc(C(F)(F)F)c3)cccc21. The van der Waals surface area contributed by atoms with E-state index in [-0.39, 0.29) is 24.1 Å². The molecule has 0 saturated heterocycles. The topological polar surface area (TPSA) is 46.9 Å². The second kappa shape index (κ2) is 9.33. The Bertz CT molecular complexity index is 1320.